The smallest absolute Gasteiger partial charge is 0.336 e. The molecule has 0 amide bonds. The first kappa shape index (κ1) is 115. The quantitative estimate of drug-likeness (QED) is 0.00939. The fourth-order valence-corrected chi connectivity index (χ4v) is 24.3. The molecule has 5 aliphatic carbocycles. The summed E-state index contributed by atoms with van der Waals surface area (Å²) in [5.41, 5.74) is -10.6. The van der Waals surface area contributed by atoms with E-state index in [0.29, 0.717) is 31.3 Å². The van der Waals surface area contributed by atoms with E-state index >= 15 is 14.4 Å². The van der Waals surface area contributed by atoms with Crippen molar-refractivity contribution in [2.45, 2.75) is 417 Å². The van der Waals surface area contributed by atoms with E-state index in [-0.39, 0.29) is 61.4 Å². The van der Waals surface area contributed by atoms with Crippen LogP contribution in [0.15, 0.2) is 60.3 Å². The van der Waals surface area contributed by atoms with Crippen molar-refractivity contribution >= 4 is 23.7 Å². The van der Waals surface area contributed by atoms with Crippen LogP contribution in [0.3, 0.4) is 0 Å². The van der Waals surface area contributed by atoms with Gasteiger partial charge >= 0.3 is 17.9 Å². The molecule has 50 atom stereocenters. The zero-order valence-corrected chi connectivity index (χ0v) is 82.6. The minimum atomic E-state index is -2.39. The highest BCUT2D eigenvalue weighted by Crippen LogP contribution is 2.76. The summed E-state index contributed by atoms with van der Waals surface area (Å²) in [6.45, 7) is 24.2. The molecule has 0 spiro atoms. The molecule has 17 unspecified atom stereocenters. The molecular formula is C97H152O46. The van der Waals surface area contributed by atoms with Crippen LogP contribution in [0.5, 0.6) is 0 Å². The zero-order chi connectivity index (χ0) is 105. The van der Waals surface area contributed by atoms with Crippen molar-refractivity contribution in [1.29, 1.82) is 0 Å². The van der Waals surface area contributed by atoms with Gasteiger partial charge in [-0.25, -0.2) is 9.59 Å². The Hall–Kier alpha value is -4.78. The predicted molar refractivity (Wildman–Crippen MR) is 482 cm³/mol. The highest BCUT2D eigenvalue weighted by molar-refractivity contribution is 5.96. The van der Waals surface area contributed by atoms with Crippen LogP contribution in [0.4, 0.5) is 0 Å². The van der Waals surface area contributed by atoms with Crippen LogP contribution in [-0.4, -0.2) is 449 Å². The van der Waals surface area contributed by atoms with Gasteiger partial charge in [0.05, 0.1) is 105 Å². The van der Waals surface area contributed by atoms with Crippen LogP contribution in [0.25, 0.3) is 0 Å². The second-order valence-corrected chi connectivity index (χ2v) is 43.8. The van der Waals surface area contributed by atoms with Gasteiger partial charge in [0.25, 0.3) is 0 Å². The van der Waals surface area contributed by atoms with E-state index in [0.717, 1.165) is 0 Å². The zero-order valence-electron chi connectivity index (χ0n) is 82.6. The second-order valence-electron chi connectivity index (χ2n) is 43.8. The monoisotopic (exact) mass is 2050 g/mol. The first-order chi connectivity index (χ1) is 67.0. The third-order valence-corrected chi connectivity index (χ3v) is 33.6. The van der Waals surface area contributed by atoms with E-state index in [9.17, 15) is 127 Å². The molecular weight excluding hydrogens is 1900 g/mol. The van der Waals surface area contributed by atoms with Gasteiger partial charge in [-0.2, -0.15) is 0 Å². The lowest BCUT2D eigenvalue weighted by molar-refractivity contribution is -0.390. The van der Waals surface area contributed by atoms with Crippen molar-refractivity contribution in [1.82, 2.24) is 0 Å². The van der Waals surface area contributed by atoms with Gasteiger partial charge in [0.2, 0.25) is 6.29 Å². The third-order valence-electron chi connectivity index (χ3n) is 33.6. The first-order valence-corrected chi connectivity index (χ1v) is 49.3. The molecule has 13 rings (SSSR count). The molecule has 143 heavy (non-hydrogen) atoms. The number of carbonyl (C=O) groups is 4. The Labute approximate surface area is 827 Å². The van der Waals surface area contributed by atoms with Crippen LogP contribution in [0.2, 0.25) is 0 Å². The molecule has 8 aliphatic heterocycles. The van der Waals surface area contributed by atoms with Gasteiger partial charge in [0, 0.05) is 29.6 Å². The van der Waals surface area contributed by atoms with Gasteiger partial charge < -0.3 is 208 Å². The number of esters is 3. The molecule has 46 heteroatoms. The summed E-state index contributed by atoms with van der Waals surface area (Å²) in [5.74, 6) is -7.19. The summed E-state index contributed by atoms with van der Waals surface area (Å²) in [4.78, 5) is 61.7. The van der Waals surface area contributed by atoms with E-state index in [1.165, 1.54) is 58.1 Å². The van der Waals surface area contributed by atoms with Crippen LogP contribution in [0.1, 0.15) is 161 Å². The molecule has 0 aromatic rings. The normalized spacial score (nSPS) is 48.3. The highest BCUT2D eigenvalue weighted by Gasteiger charge is 2.76. The predicted octanol–water partition coefficient (Wildman–Crippen LogP) is -5.61. The maximum atomic E-state index is 16.8. The van der Waals surface area contributed by atoms with Gasteiger partial charge in [-0.15, -0.1) is 13.2 Å². The number of allylic oxidation sites excluding steroid dienone is 4. The topological polar surface area (TPSA) is 720 Å². The molecule has 24 N–H and O–H groups in total. The van der Waals surface area contributed by atoms with Crippen LogP contribution < -0.4 is 0 Å². The Balaban J connectivity index is 0.786. The summed E-state index contributed by atoms with van der Waals surface area (Å²) in [6.07, 6.45) is -61.9. The Bertz CT molecular complexity index is 4440. The van der Waals surface area contributed by atoms with E-state index in [1.807, 2.05) is 34.6 Å². The Morgan fingerprint density at radius 2 is 0.965 bits per heavy atom. The lowest BCUT2D eigenvalue weighted by Gasteiger charge is -2.71. The molecule has 12 fully saturated rings. The molecule has 46 nitrogen and oxygen atoms in total. The molecule has 13 aliphatic rings. The fraction of sp³-hybridized carbons (Fsp3) is 0.856. The third kappa shape index (κ3) is 22.2. The first-order valence-electron chi connectivity index (χ1n) is 49.3. The van der Waals surface area contributed by atoms with E-state index in [4.69, 9.17) is 85.3 Å². The molecule has 8 heterocycles. The Morgan fingerprint density at radius 3 is 1.57 bits per heavy atom. The van der Waals surface area contributed by atoms with Gasteiger partial charge in [-0.3, -0.25) is 9.59 Å². The Morgan fingerprint density at radius 1 is 0.469 bits per heavy atom. The van der Waals surface area contributed by atoms with Crippen molar-refractivity contribution < 1.29 is 227 Å². The van der Waals surface area contributed by atoms with Crippen molar-refractivity contribution in [3.05, 3.63) is 60.3 Å². The number of ether oxygens (including phenoxy) is 18. The van der Waals surface area contributed by atoms with E-state index in [1.54, 1.807) is 27.7 Å². The molecule has 816 valence electrons. The van der Waals surface area contributed by atoms with E-state index in [2.05, 4.69) is 13.2 Å². The molecule has 0 aromatic carbocycles. The maximum Gasteiger partial charge on any atom is 0.336 e. The van der Waals surface area contributed by atoms with Crippen molar-refractivity contribution in [2.75, 3.05) is 46.2 Å². The average molecular weight is 2050 g/mol. The summed E-state index contributed by atoms with van der Waals surface area (Å²) in [7, 11) is 0. The number of hydrogen-bond donors (Lipinski definition) is 24. The second kappa shape index (κ2) is 45.2. The minimum absolute atomic E-state index is 0.0744. The van der Waals surface area contributed by atoms with Crippen LogP contribution in [-0.2, 0) is 104 Å². The summed E-state index contributed by atoms with van der Waals surface area (Å²) in [5, 5.41) is 268. The minimum Gasteiger partial charge on any atom is -0.458 e. The SMILES string of the molecule is C=CC(C)(O)CC/C=C(\CO)C(=O)O[C@@H]1C(C)O[C@@H](O[C@](C)(C=C)CC/C=C(\CO)C(=O)O[C@H]2C[C@@]3(C(=O)O[C@@H]4OC(CO)[C@@H](O)C(O)[C@@H]4O[C@@H]4OC(C)[C@H](O[C@@H]5O[C@@H](CO)[C@H](O)[C@@H]5O)C(O[C@@H]5OC(CO)[C@@H](O)C(O)[C@@H]5O)[C@@H]4O)C(CC2(C)C)C2=CC(=O)C4[C@@]5(C)CC[C@H](O[C@@H]6OC(CO[C@@H]7OC(C)[C@H](O)C(O)[C@@H]7O[C@@H]7OC[C@@H](O)C(O)[C@@H]7O)[C@@H](O)C(O)[C@@H]6C)C(C)(C)C5CC[C@@]4(C)[C@]2(C)C[C@H]3O)[C@@H](O)C1O. The molecule has 0 aromatic heterocycles. The number of fused-ring (bicyclic) bond motifs is 7. The highest BCUT2D eigenvalue weighted by atomic mass is 16.8. The van der Waals surface area contributed by atoms with Crippen molar-refractivity contribution in [3.8, 4) is 0 Å². The summed E-state index contributed by atoms with van der Waals surface area (Å²) < 4.78 is 110. The standard InChI is InChI=1S/C97H152O46/c1-16-92(11,125)24-18-20-44(33-99)80(123)137-73-41(5)130-86(71(120)67(73)116)143-93(12,17-2)25-19-21-43(32-98)79(122)135-56-31-97(89(124)142-88-77(66(115)61(110)50(35-101)133-88)141-85-72(121)75(139-84-70(119)64(113)60(109)49(34-100)131-84)74(42(6)129-85)138-83-69(118)62(111)51(36-102)132-83)46(29-90(56,7)8)45-28-47(103)78-94(13)26-23-55(91(9,10)53(94)22-27-95(78,14)96(45,15)30-54(97)105)136-81-39(3)57(106)63(112)52(134-81)38-127-87-76(65(114)58(107)40(4)128-87)140-82-68(117)59(108)48(104)37-126-82/h16-17,20-21,28,39-42,46,48-78,81-88,98-102,104-121,125H,1-2,18-19,22-27,29-38H2,3-15H3/b43-21+,44-20+/t39-,40?,41?,42?,46?,48+,49?,50?,51-,52?,53?,54+,55-,56-,57?,58-,59?,60+,61+,62-,63+,64?,65?,66?,67?,68-,69-,70-,71-,72-,73+,74-,75?,76-,77-,78?,81-,82-,83-,84-,85-,86-,87+,88-,92?,93+,94-,95+,96+,97+/m0/s1. The van der Waals surface area contributed by atoms with Gasteiger partial charge in [-0.1, -0.05) is 85.3 Å². The molecule has 4 saturated carbocycles. The number of rotatable bonds is 34. The van der Waals surface area contributed by atoms with Crippen LogP contribution >= 0.6 is 0 Å². The van der Waals surface area contributed by atoms with E-state index < -0.39 is 378 Å². The molecule has 8 saturated heterocycles. The average Bonchev–Trinajstić information content (AvgIpc) is 0.982. The number of ketones is 1. The van der Waals surface area contributed by atoms with Gasteiger partial charge in [0.15, 0.2) is 62.0 Å². The van der Waals surface area contributed by atoms with Crippen molar-refractivity contribution in [3.63, 3.8) is 0 Å². The Kier molecular flexibility index (Phi) is 36.5. The largest absolute Gasteiger partial charge is 0.458 e. The summed E-state index contributed by atoms with van der Waals surface area (Å²) in [6, 6.07) is 0. The molecule has 0 bridgehead atoms. The van der Waals surface area contributed by atoms with Gasteiger partial charge in [0.1, 0.15) is 152 Å². The fourth-order valence-electron chi connectivity index (χ4n) is 24.3. The van der Waals surface area contributed by atoms with Crippen molar-refractivity contribution in [2.24, 2.45) is 56.2 Å². The lowest BCUT2D eigenvalue weighted by atomic mass is 9.33. The number of aliphatic hydroxyl groups is 24. The number of hydrogen-bond acceptors (Lipinski definition) is 46. The van der Waals surface area contributed by atoms with Gasteiger partial charge in [-0.05, 0) is 132 Å². The molecule has 0 radical (unpaired) electrons. The van der Waals surface area contributed by atoms with Crippen LogP contribution in [0, 0.1) is 56.2 Å². The summed E-state index contributed by atoms with van der Waals surface area (Å²) >= 11 is 0. The number of carbonyl (C=O) groups excluding carboxylic acids is 4. The maximum absolute atomic E-state index is 16.8. The number of aliphatic hydroxyl groups excluding tert-OH is 23. The lowest BCUT2D eigenvalue weighted by Crippen LogP contribution is -2.71.